The number of aromatic amines is 1. The number of hydrogen-bond acceptors (Lipinski definition) is 2. The number of hydrogen-bond donors (Lipinski definition) is 2. The molecule has 1 atom stereocenters. The van der Waals surface area contributed by atoms with Gasteiger partial charge in [0.2, 0.25) is 5.91 Å². The number of primary amides is 1. The smallest absolute Gasteiger partial charge is 0.270 e. The first-order valence-electron chi connectivity index (χ1n) is 8.46. The van der Waals surface area contributed by atoms with E-state index >= 15 is 0 Å². The van der Waals surface area contributed by atoms with E-state index in [1.165, 1.54) is 17.3 Å². The van der Waals surface area contributed by atoms with Crippen molar-refractivity contribution in [1.29, 1.82) is 0 Å². The zero-order chi connectivity index (χ0) is 17.1. The molecule has 1 heterocycles. The first kappa shape index (κ1) is 16.3. The predicted octanol–water partition coefficient (Wildman–Crippen LogP) is 2.52. The van der Waals surface area contributed by atoms with E-state index in [1.807, 2.05) is 4.90 Å². The van der Waals surface area contributed by atoms with Crippen LogP contribution in [0.25, 0.3) is 0 Å². The molecule has 5 nitrogen and oxygen atoms in total. The van der Waals surface area contributed by atoms with E-state index in [0.29, 0.717) is 17.8 Å². The maximum atomic E-state index is 12.9. The molecule has 0 saturated heterocycles. The lowest BCUT2D eigenvalue weighted by atomic mass is 9.87. The van der Waals surface area contributed by atoms with Crippen LogP contribution in [0.15, 0.2) is 36.5 Å². The number of nitrogens with two attached hydrogens (primary N) is 1. The molecule has 1 aromatic carbocycles. The number of fused-ring (bicyclic) bond motifs is 1. The SMILES string of the molecule is CCCN(C(=O)c1cc(C(N)=O)c[nH]1)[C@@H]1CCc2ccccc2C1. The van der Waals surface area contributed by atoms with Crippen LogP contribution in [0, 0.1) is 0 Å². The Morgan fingerprint density at radius 3 is 2.71 bits per heavy atom. The number of benzene rings is 1. The van der Waals surface area contributed by atoms with E-state index in [4.69, 9.17) is 5.73 Å². The highest BCUT2D eigenvalue weighted by Crippen LogP contribution is 2.25. The van der Waals surface area contributed by atoms with Crippen molar-refractivity contribution in [2.75, 3.05) is 6.54 Å². The molecule has 0 saturated carbocycles. The topological polar surface area (TPSA) is 79.2 Å². The van der Waals surface area contributed by atoms with Gasteiger partial charge in [0.15, 0.2) is 0 Å². The average Bonchev–Trinajstić information content (AvgIpc) is 3.09. The third-order valence-electron chi connectivity index (χ3n) is 4.68. The molecule has 0 spiro atoms. The fraction of sp³-hybridized carbons (Fsp3) is 0.368. The van der Waals surface area contributed by atoms with Crippen LogP contribution in [0.3, 0.4) is 0 Å². The highest BCUT2D eigenvalue weighted by Gasteiger charge is 2.28. The van der Waals surface area contributed by atoms with Crippen molar-refractivity contribution in [3.8, 4) is 0 Å². The molecule has 1 aromatic heterocycles. The highest BCUT2D eigenvalue weighted by molar-refractivity contribution is 5.98. The standard InChI is InChI=1S/C19H23N3O2/c1-2-9-22(19(24)17-11-15(12-21-17)18(20)23)16-8-7-13-5-3-4-6-14(13)10-16/h3-6,11-12,16,21H,2,7-10H2,1H3,(H2,20,23)/t16-/m1/s1. The summed E-state index contributed by atoms with van der Waals surface area (Å²) in [7, 11) is 0. The summed E-state index contributed by atoms with van der Waals surface area (Å²) in [6.45, 7) is 2.77. The monoisotopic (exact) mass is 325 g/mol. The lowest BCUT2D eigenvalue weighted by molar-refractivity contribution is 0.0656. The van der Waals surface area contributed by atoms with Crippen LogP contribution in [-0.2, 0) is 12.8 Å². The number of amides is 2. The van der Waals surface area contributed by atoms with E-state index in [1.54, 1.807) is 6.07 Å². The van der Waals surface area contributed by atoms with Crippen molar-refractivity contribution in [2.24, 2.45) is 5.73 Å². The van der Waals surface area contributed by atoms with Crippen LogP contribution in [0.5, 0.6) is 0 Å². The molecule has 0 unspecified atom stereocenters. The molecule has 5 heteroatoms. The highest BCUT2D eigenvalue weighted by atomic mass is 16.2. The van der Waals surface area contributed by atoms with Crippen molar-refractivity contribution in [2.45, 2.75) is 38.6 Å². The summed E-state index contributed by atoms with van der Waals surface area (Å²) in [5.41, 5.74) is 8.75. The number of nitrogens with zero attached hydrogens (tertiary/aromatic N) is 1. The lowest BCUT2D eigenvalue weighted by Crippen LogP contribution is -2.44. The molecular weight excluding hydrogens is 302 g/mol. The van der Waals surface area contributed by atoms with Gasteiger partial charge in [0.1, 0.15) is 5.69 Å². The summed E-state index contributed by atoms with van der Waals surface area (Å²) >= 11 is 0. The van der Waals surface area contributed by atoms with E-state index in [9.17, 15) is 9.59 Å². The molecule has 0 bridgehead atoms. The Bertz CT molecular complexity index is 751. The van der Waals surface area contributed by atoms with Crippen LogP contribution in [-0.4, -0.2) is 34.3 Å². The van der Waals surface area contributed by atoms with Crippen LogP contribution in [0.4, 0.5) is 0 Å². The molecule has 126 valence electrons. The first-order chi connectivity index (χ1) is 11.6. The summed E-state index contributed by atoms with van der Waals surface area (Å²) in [4.78, 5) is 29.0. The second kappa shape index (κ2) is 6.91. The van der Waals surface area contributed by atoms with Gasteiger partial charge in [0.25, 0.3) is 5.91 Å². The molecule has 3 rings (SSSR count). The summed E-state index contributed by atoms with van der Waals surface area (Å²) in [5, 5.41) is 0. The maximum absolute atomic E-state index is 12.9. The van der Waals surface area contributed by atoms with Gasteiger partial charge in [0.05, 0.1) is 5.56 Å². The number of aromatic nitrogens is 1. The van der Waals surface area contributed by atoms with E-state index in [2.05, 4.69) is 36.2 Å². The van der Waals surface area contributed by atoms with Crippen molar-refractivity contribution in [1.82, 2.24) is 9.88 Å². The van der Waals surface area contributed by atoms with Crippen molar-refractivity contribution in [3.05, 3.63) is 58.9 Å². The molecular formula is C19H23N3O2. The van der Waals surface area contributed by atoms with Gasteiger partial charge < -0.3 is 15.6 Å². The zero-order valence-corrected chi connectivity index (χ0v) is 13.9. The Morgan fingerprint density at radius 1 is 1.29 bits per heavy atom. The van der Waals surface area contributed by atoms with Gasteiger partial charge in [-0.3, -0.25) is 9.59 Å². The molecule has 24 heavy (non-hydrogen) atoms. The number of rotatable bonds is 5. The van der Waals surface area contributed by atoms with Gasteiger partial charge in [-0.05, 0) is 42.9 Å². The van der Waals surface area contributed by atoms with Gasteiger partial charge in [0, 0.05) is 18.8 Å². The van der Waals surface area contributed by atoms with Crippen LogP contribution < -0.4 is 5.73 Å². The summed E-state index contributed by atoms with van der Waals surface area (Å²) < 4.78 is 0. The van der Waals surface area contributed by atoms with Gasteiger partial charge in [-0.15, -0.1) is 0 Å². The Kier molecular flexibility index (Phi) is 4.69. The largest absolute Gasteiger partial charge is 0.366 e. The quantitative estimate of drug-likeness (QED) is 0.886. The minimum absolute atomic E-state index is 0.0614. The van der Waals surface area contributed by atoms with Gasteiger partial charge in [-0.1, -0.05) is 31.2 Å². The lowest BCUT2D eigenvalue weighted by Gasteiger charge is -2.35. The van der Waals surface area contributed by atoms with Crippen LogP contribution in [0.1, 0.15) is 51.7 Å². The van der Waals surface area contributed by atoms with Gasteiger partial charge >= 0.3 is 0 Å². The fourth-order valence-corrected chi connectivity index (χ4v) is 3.45. The summed E-state index contributed by atoms with van der Waals surface area (Å²) in [6.07, 6.45) is 5.23. The zero-order valence-electron chi connectivity index (χ0n) is 13.9. The molecule has 0 radical (unpaired) electrons. The van der Waals surface area contributed by atoms with Crippen LogP contribution in [0.2, 0.25) is 0 Å². The third kappa shape index (κ3) is 3.20. The number of nitrogens with one attached hydrogen (secondary N) is 1. The minimum Gasteiger partial charge on any atom is -0.366 e. The van der Waals surface area contributed by atoms with Crippen molar-refractivity contribution in [3.63, 3.8) is 0 Å². The van der Waals surface area contributed by atoms with Crippen molar-refractivity contribution < 1.29 is 9.59 Å². The van der Waals surface area contributed by atoms with Gasteiger partial charge in [-0.2, -0.15) is 0 Å². The molecule has 1 aliphatic rings. The number of carbonyl (C=O) groups is 2. The van der Waals surface area contributed by atoms with Crippen LogP contribution >= 0.6 is 0 Å². The summed E-state index contributed by atoms with van der Waals surface area (Å²) in [6, 6.07) is 10.2. The van der Waals surface area contributed by atoms with Crippen molar-refractivity contribution >= 4 is 11.8 Å². The molecule has 1 aliphatic carbocycles. The number of H-pyrrole nitrogens is 1. The van der Waals surface area contributed by atoms with Gasteiger partial charge in [-0.25, -0.2) is 0 Å². The second-order valence-corrected chi connectivity index (χ2v) is 6.33. The molecule has 0 fully saturated rings. The summed E-state index contributed by atoms with van der Waals surface area (Å²) in [5.74, 6) is -0.590. The Hall–Kier alpha value is -2.56. The Balaban J connectivity index is 1.81. The van der Waals surface area contributed by atoms with E-state index in [0.717, 1.165) is 25.7 Å². The first-order valence-corrected chi connectivity index (χ1v) is 8.46. The maximum Gasteiger partial charge on any atom is 0.270 e. The normalized spacial score (nSPS) is 16.5. The van der Waals surface area contributed by atoms with E-state index < -0.39 is 5.91 Å². The average molecular weight is 325 g/mol. The molecule has 2 aromatic rings. The molecule has 3 N–H and O–H groups in total. The Morgan fingerprint density at radius 2 is 2.04 bits per heavy atom. The van der Waals surface area contributed by atoms with E-state index in [-0.39, 0.29) is 11.9 Å². The number of aryl methyl sites for hydroxylation is 1. The number of carbonyl (C=O) groups excluding carboxylic acids is 2. The second-order valence-electron chi connectivity index (χ2n) is 6.33. The Labute approximate surface area is 141 Å². The minimum atomic E-state index is -0.529. The molecule has 0 aliphatic heterocycles. The molecule has 2 amide bonds. The predicted molar refractivity (Wildman–Crippen MR) is 92.9 cm³/mol. The third-order valence-corrected chi connectivity index (χ3v) is 4.68. The fourth-order valence-electron chi connectivity index (χ4n) is 3.45.